The van der Waals surface area contributed by atoms with Crippen molar-refractivity contribution in [2.45, 2.75) is 10.6 Å². The average molecular weight is 465 g/mol. The first-order valence-electron chi connectivity index (χ1n) is 9.17. The number of halogens is 1. The van der Waals surface area contributed by atoms with E-state index in [0.717, 1.165) is 10.1 Å². The van der Waals surface area contributed by atoms with Gasteiger partial charge in [-0.3, -0.25) is 9.10 Å². The van der Waals surface area contributed by atoms with Gasteiger partial charge in [-0.05, 0) is 36.4 Å². The Balaban J connectivity index is 1.67. The molecule has 0 fully saturated rings. The van der Waals surface area contributed by atoms with E-state index in [1.165, 1.54) is 12.1 Å². The highest BCUT2D eigenvalue weighted by atomic mass is 35.5. The van der Waals surface area contributed by atoms with Gasteiger partial charge in [-0.2, -0.15) is 11.8 Å². The second-order valence-electron chi connectivity index (χ2n) is 6.26. The molecule has 3 rings (SSSR count). The van der Waals surface area contributed by atoms with Crippen molar-refractivity contribution in [2.24, 2.45) is 0 Å². The van der Waals surface area contributed by atoms with E-state index < -0.39 is 15.9 Å². The second kappa shape index (κ2) is 10.6. The van der Waals surface area contributed by atoms with Crippen molar-refractivity contribution in [3.8, 4) is 0 Å². The summed E-state index contributed by atoms with van der Waals surface area (Å²) < 4.78 is 32.7. The number of nitrogens with zero attached hydrogens (tertiary/aromatic N) is 1. The smallest absolute Gasteiger partial charge is 0.264 e. The predicted molar refractivity (Wildman–Crippen MR) is 120 cm³/mol. The molecule has 0 unspecified atom stereocenters. The first-order chi connectivity index (χ1) is 14.5. The average Bonchev–Trinajstić information content (AvgIpc) is 3.26. The Kier molecular flexibility index (Phi) is 7.84. The molecule has 1 aromatic heterocycles. The van der Waals surface area contributed by atoms with E-state index in [2.05, 4.69) is 5.32 Å². The van der Waals surface area contributed by atoms with Gasteiger partial charge in [-0.15, -0.1) is 0 Å². The number of amides is 1. The van der Waals surface area contributed by atoms with Crippen molar-refractivity contribution in [1.82, 2.24) is 5.32 Å². The molecule has 1 N–H and O–H groups in total. The molecule has 0 radical (unpaired) electrons. The van der Waals surface area contributed by atoms with Crippen LogP contribution < -0.4 is 9.62 Å². The lowest BCUT2D eigenvalue weighted by molar-refractivity contribution is -0.119. The number of hydrogen-bond acceptors (Lipinski definition) is 5. The minimum absolute atomic E-state index is 0.0896. The number of nitrogens with one attached hydrogen (secondary N) is 1. The van der Waals surface area contributed by atoms with Crippen LogP contribution in [0.4, 0.5) is 5.69 Å². The van der Waals surface area contributed by atoms with Gasteiger partial charge in [0.1, 0.15) is 12.3 Å². The molecule has 0 aliphatic rings. The Bertz CT molecular complexity index is 1060. The van der Waals surface area contributed by atoms with Gasteiger partial charge in [0.05, 0.1) is 27.6 Å². The highest BCUT2D eigenvalue weighted by Gasteiger charge is 2.28. The van der Waals surface area contributed by atoms with E-state index in [1.54, 1.807) is 60.5 Å². The van der Waals surface area contributed by atoms with Crippen LogP contribution >= 0.6 is 23.4 Å². The van der Waals surface area contributed by atoms with Crippen molar-refractivity contribution in [1.29, 1.82) is 0 Å². The molecule has 0 aliphatic carbocycles. The first kappa shape index (κ1) is 22.3. The Morgan fingerprint density at radius 1 is 1.03 bits per heavy atom. The van der Waals surface area contributed by atoms with Crippen LogP contribution in [0.3, 0.4) is 0 Å². The number of para-hydroxylation sites is 1. The standard InChI is InChI=1S/C21H21ClN2O4S2/c22-19-10-4-5-11-20(19)24(30(26,27)18-8-2-1-3-9-18)15-21(25)23-12-14-29-16-17-7-6-13-28-17/h1-11,13H,12,14-16H2,(H,23,25). The van der Waals surface area contributed by atoms with Crippen molar-refractivity contribution in [3.05, 3.63) is 83.8 Å². The number of thioether (sulfide) groups is 1. The minimum atomic E-state index is -3.97. The summed E-state index contributed by atoms with van der Waals surface area (Å²) in [7, 11) is -3.97. The zero-order chi connectivity index (χ0) is 21.4. The molecule has 0 atom stereocenters. The molecule has 1 heterocycles. The van der Waals surface area contributed by atoms with Crippen LogP contribution in [0.15, 0.2) is 82.3 Å². The molecular weight excluding hydrogens is 444 g/mol. The Morgan fingerprint density at radius 2 is 1.77 bits per heavy atom. The van der Waals surface area contributed by atoms with Gasteiger partial charge in [0.25, 0.3) is 10.0 Å². The third-order valence-electron chi connectivity index (χ3n) is 4.13. The molecule has 9 heteroatoms. The monoisotopic (exact) mass is 464 g/mol. The van der Waals surface area contributed by atoms with Crippen LogP contribution in [0.5, 0.6) is 0 Å². The SMILES string of the molecule is O=C(CN(c1ccccc1Cl)S(=O)(=O)c1ccccc1)NCCSCc1ccco1. The Morgan fingerprint density at radius 3 is 2.47 bits per heavy atom. The normalized spacial score (nSPS) is 11.2. The molecule has 2 aromatic carbocycles. The summed E-state index contributed by atoms with van der Waals surface area (Å²) >= 11 is 7.85. The van der Waals surface area contributed by atoms with Gasteiger partial charge in [0.2, 0.25) is 5.91 Å². The molecule has 6 nitrogen and oxygen atoms in total. The van der Waals surface area contributed by atoms with Crippen molar-refractivity contribution >= 4 is 45.0 Å². The molecule has 0 saturated carbocycles. The van der Waals surface area contributed by atoms with Gasteiger partial charge >= 0.3 is 0 Å². The summed E-state index contributed by atoms with van der Waals surface area (Å²) in [5.74, 6) is 1.83. The molecule has 0 bridgehead atoms. The third kappa shape index (κ3) is 5.81. The van der Waals surface area contributed by atoms with E-state index in [1.807, 2.05) is 12.1 Å². The van der Waals surface area contributed by atoms with E-state index in [4.69, 9.17) is 16.0 Å². The number of furan rings is 1. The van der Waals surface area contributed by atoms with Crippen LogP contribution in [0, 0.1) is 0 Å². The summed E-state index contributed by atoms with van der Waals surface area (Å²) in [6, 6.07) is 18.2. The maximum atomic E-state index is 13.2. The molecule has 0 aliphatic heterocycles. The topological polar surface area (TPSA) is 79.6 Å². The summed E-state index contributed by atoms with van der Waals surface area (Å²) in [4.78, 5) is 12.6. The molecule has 30 heavy (non-hydrogen) atoms. The summed E-state index contributed by atoms with van der Waals surface area (Å²) in [6.07, 6.45) is 1.62. The highest BCUT2D eigenvalue weighted by Crippen LogP contribution is 2.30. The van der Waals surface area contributed by atoms with Gasteiger partial charge in [0, 0.05) is 12.3 Å². The zero-order valence-corrected chi connectivity index (χ0v) is 18.4. The van der Waals surface area contributed by atoms with E-state index in [9.17, 15) is 13.2 Å². The molecule has 1 amide bonds. The summed E-state index contributed by atoms with van der Waals surface area (Å²) in [6.45, 7) is 0.0375. The Hall–Kier alpha value is -2.42. The first-order valence-corrected chi connectivity index (χ1v) is 12.1. The largest absolute Gasteiger partial charge is 0.468 e. The zero-order valence-electron chi connectivity index (χ0n) is 16.0. The van der Waals surface area contributed by atoms with Crippen LogP contribution in [0.1, 0.15) is 5.76 Å². The molecular formula is C21H21ClN2O4S2. The lowest BCUT2D eigenvalue weighted by atomic mass is 10.3. The molecule has 3 aromatic rings. The predicted octanol–water partition coefficient (Wildman–Crippen LogP) is 4.18. The fourth-order valence-electron chi connectivity index (χ4n) is 2.69. The lowest BCUT2D eigenvalue weighted by Gasteiger charge is -2.25. The van der Waals surface area contributed by atoms with Crippen LogP contribution in [0.25, 0.3) is 0 Å². The van der Waals surface area contributed by atoms with E-state index in [0.29, 0.717) is 18.1 Å². The molecule has 158 valence electrons. The number of rotatable bonds is 10. The van der Waals surface area contributed by atoms with Gasteiger partial charge in [-0.25, -0.2) is 8.42 Å². The number of sulfonamides is 1. The van der Waals surface area contributed by atoms with Crippen molar-refractivity contribution in [2.75, 3.05) is 23.1 Å². The Labute approximate surface area is 185 Å². The van der Waals surface area contributed by atoms with E-state index >= 15 is 0 Å². The fraction of sp³-hybridized carbons (Fsp3) is 0.190. The lowest BCUT2D eigenvalue weighted by Crippen LogP contribution is -2.41. The maximum Gasteiger partial charge on any atom is 0.264 e. The van der Waals surface area contributed by atoms with Crippen LogP contribution in [-0.2, 0) is 20.6 Å². The minimum Gasteiger partial charge on any atom is -0.468 e. The summed E-state index contributed by atoms with van der Waals surface area (Å²) in [5.41, 5.74) is 0.255. The number of benzene rings is 2. The fourth-order valence-corrected chi connectivity index (χ4v) is 5.19. The number of anilines is 1. The number of carbonyl (C=O) groups is 1. The van der Waals surface area contributed by atoms with Crippen molar-refractivity contribution < 1.29 is 17.6 Å². The second-order valence-corrected chi connectivity index (χ2v) is 9.63. The molecule has 0 saturated heterocycles. The van der Waals surface area contributed by atoms with Gasteiger partial charge in [-0.1, -0.05) is 41.9 Å². The van der Waals surface area contributed by atoms with Crippen LogP contribution in [0.2, 0.25) is 5.02 Å². The number of hydrogen-bond donors (Lipinski definition) is 1. The number of carbonyl (C=O) groups excluding carboxylic acids is 1. The highest BCUT2D eigenvalue weighted by molar-refractivity contribution is 7.98. The van der Waals surface area contributed by atoms with Crippen molar-refractivity contribution in [3.63, 3.8) is 0 Å². The maximum absolute atomic E-state index is 13.2. The quantitative estimate of drug-likeness (QED) is 0.455. The van der Waals surface area contributed by atoms with Gasteiger partial charge in [0.15, 0.2) is 0 Å². The van der Waals surface area contributed by atoms with E-state index in [-0.39, 0.29) is 22.2 Å². The van der Waals surface area contributed by atoms with Crippen LogP contribution in [-0.4, -0.2) is 33.2 Å². The third-order valence-corrected chi connectivity index (χ3v) is 7.21. The summed E-state index contributed by atoms with van der Waals surface area (Å²) in [5, 5.41) is 3.02. The van der Waals surface area contributed by atoms with Gasteiger partial charge < -0.3 is 9.73 Å². The molecule has 0 spiro atoms.